The van der Waals surface area contributed by atoms with Crippen LogP contribution >= 0.6 is 0 Å². The summed E-state index contributed by atoms with van der Waals surface area (Å²) in [6.07, 6.45) is 4.02. The van der Waals surface area contributed by atoms with E-state index in [0.29, 0.717) is 0 Å². The number of piperidine rings is 1. The summed E-state index contributed by atoms with van der Waals surface area (Å²) >= 11 is 0. The van der Waals surface area contributed by atoms with E-state index in [1.807, 2.05) is 0 Å². The molecule has 0 N–H and O–H groups in total. The fourth-order valence-electron chi connectivity index (χ4n) is 2.77. The van der Waals surface area contributed by atoms with Crippen molar-refractivity contribution < 1.29 is 0 Å². The second-order valence-electron chi connectivity index (χ2n) is 5.68. The van der Waals surface area contributed by atoms with Gasteiger partial charge in [-0.1, -0.05) is 44.2 Å². The van der Waals surface area contributed by atoms with Crippen molar-refractivity contribution in [3.05, 3.63) is 35.9 Å². The van der Waals surface area contributed by atoms with E-state index < -0.39 is 0 Å². The topological polar surface area (TPSA) is 3.24 Å². The van der Waals surface area contributed by atoms with Crippen LogP contribution in [0.5, 0.6) is 0 Å². The van der Waals surface area contributed by atoms with Gasteiger partial charge in [-0.25, -0.2) is 0 Å². The van der Waals surface area contributed by atoms with Crippen molar-refractivity contribution >= 4 is 0 Å². The van der Waals surface area contributed by atoms with Crippen LogP contribution in [-0.4, -0.2) is 24.5 Å². The van der Waals surface area contributed by atoms with E-state index in [1.165, 1.54) is 44.5 Å². The molecule has 1 aromatic rings. The van der Waals surface area contributed by atoms with Gasteiger partial charge >= 0.3 is 0 Å². The monoisotopic (exact) mass is 231 g/mol. The number of likely N-dealkylation sites (tertiary alicyclic amines) is 1. The molecule has 0 aliphatic carbocycles. The van der Waals surface area contributed by atoms with E-state index in [2.05, 4.69) is 49.1 Å². The van der Waals surface area contributed by atoms with E-state index in [9.17, 15) is 0 Å². The fourth-order valence-corrected chi connectivity index (χ4v) is 2.77. The zero-order chi connectivity index (χ0) is 12.1. The predicted molar refractivity (Wildman–Crippen MR) is 74.1 cm³/mol. The van der Waals surface area contributed by atoms with Gasteiger partial charge in [0.1, 0.15) is 0 Å². The first-order chi connectivity index (χ1) is 8.25. The standard InChI is InChI=1S/C16H25N/c1-14(2)16-9-6-11-17(13-16)12-10-15-7-4-3-5-8-15/h3-5,7-8,14,16H,6,9-13H2,1-2H3. The van der Waals surface area contributed by atoms with Gasteiger partial charge in [0.2, 0.25) is 0 Å². The van der Waals surface area contributed by atoms with Gasteiger partial charge in [0.15, 0.2) is 0 Å². The maximum Gasteiger partial charge on any atom is 0.00219 e. The molecule has 1 heterocycles. The zero-order valence-corrected chi connectivity index (χ0v) is 11.2. The highest BCUT2D eigenvalue weighted by molar-refractivity contribution is 5.14. The summed E-state index contributed by atoms with van der Waals surface area (Å²) in [7, 11) is 0. The van der Waals surface area contributed by atoms with Crippen LogP contribution in [0.25, 0.3) is 0 Å². The molecule has 1 aliphatic rings. The van der Waals surface area contributed by atoms with Gasteiger partial charge in [0, 0.05) is 13.1 Å². The summed E-state index contributed by atoms with van der Waals surface area (Å²) < 4.78 is 0. The number of hydrogen-bond acceptors (Lipinski definition) is 1. The highest BCUT2D eigenvalue weighted by atomic mass is 15.1. The second-order valence-corrected chi connectivity index (χ2v) is 5.68. The molecule has 0 saturated carbocycles. The van der Waals surface area contributed by atoms with Crippen LogP contribution in [-0.2, 0) is 6.42 Å². The molecule has 1 aliphatic heterocycles. The SMILES string of the molecule is CC(C)C1CCCN(CCc2ccccc2)C1. The lowest BCUT2D eigenvalue weighted by molar-refractivity contribution is 0.147. The normalized spacial score (nSPS) is 21.9. The van der Waals surface area contributed by atoms with Crippen LogP contribution < -0.4 is 0 Å². The smallest absolute Gasteiger partial charge is 0.00219 e. The quantitative estimate of drug-likeness (QED) is 0.765. The Bertz CT molecular complexity index is 318. The van der Waals surface area contributed by atoms with Crippen LogP contribution in [0, 0.1) is 11.8 Å². The van der Waals surface area contributed by atoms with Gasteiger partial charge < -0.3 is 4.90 Å². The third-order valence-corrected chi connectivity index (χ3v) is 4.04. The molecule has 1 saturated heterocycles. The Kier molecular flexibility index (Phi) is 4.61. The van der Waals surface area contributed by atoms with Gasteiger partial charge in [0.05, 0.1) is 0 Å². The number of hydrogen-bond donors (Lipinski definition) is 0. The summed E-state index contributed by atoms with van der Waals surface area (Å²) in [4.78, 5) is 2.65. The van der Waals surface area contributed by atoms with Crippen molar-refractivity contribution in [2.45, 2.75) is 33.1 Å². The van der Waals surface area contributed by atoms with Crippen molar-refractivity contribution in [1.29, 1.82) is 0 Å². The molecule has 0 radical (unpaired) electrons. The molecule has 94 valence electrons. The maximum atomic E-state index is 2.65. The van der Waals surface area contributed by atoms with Crippen molar-refractivity contribution in [2.75, 3.05) is 19.6 Å². The van der Waals surface area contributed by atoms with Crippen LogP contribution in [0.4, 0.5) is 0 Å². The van der Waals surface area contributed by atoms with Crippen molar-refractivity contribution in [3.63, 3.8) is 0 Å². The molecule has 17 heavy (non-hydrogen) atoms. The Balaban J connectivity index is 1.79. The Morgan fingerprint density at radius 1 is 1.24 bits per heavy atom. The molecule has 1 atom stereocenters. The fraction of sp³-hybridized carbons (Fsp3) is 0.625. The molecular weight excluding hydrogens is 206 g/mol. The first-order valence-electron chi connectivity index (χ1n) is 7.02. The molecule has 1 fully saturated rings. The average Bonchev–Trinajstić information content (AvgIpc) is 2.38. The maximum absolute atomic E-state index is 2.65. The van der Waals surface area contributed by atoms with E-state index in [4.69, 9.17) is 0 Å². The predicted octanol–water partition coefficient (Wildman–Crippen LogP) is 3.60. The highest BCUT2D eigenvalue weighted by Crippen LogP contribution is 2.23. The zero-order valence-electron chi connectivity index (χ0n) is 11.2. The Morgan fingerprint density at radius 2 is 2.00 bits per heavy atom. The lowest BCUT2D eigenvalue weighted by Crippen LogP contribution is -2.38. The Labute approximate surface area is 106 Å². The molecule has 1 unspecified atom stereocenters. The molecule has 1 aromatic carbocycles. The van der Waals surface area contributed by atoms with Gasteiger partial charge in [-0.2, -0.15) is 0 Å². The lowest BCUT2D eigenvalue weighted by Gasteiger charge is -2.34. The highest BCUT2D eigenvalue weighted by Gasteiger charge is 2.21. The second kappa shape index (κ2) is 6.20. The molecule has 1 nitrogen and oxygen atoms in total. The van der Waals surface area contributed by atoms with Gasteiger partial charge in [-0.15, -0.1) is 0 Å². The van der Waals surface area contributed by atoms with E-state index >= 15 is 0 Å². The summed E-state index contributed by atoms with van der Waals surface area (Å²) in [6.45, 7) is 8.57. The van der Waals surface area contributed by atoms with Crippen LogP contribution in [0.1, 0.15) is 32.3 Å². The summed E-state index contributed by atoms with van der Waals surface area (Å²) in [5.74, 6) is 1.76. The number of benzene rings is 1. The van der Waals surface area contributed by atoms with Crippen molar-refractivity contribution in [3.8, 4) is 0 Å². The van der Waals surface area contributed by atoms with Gasteiger partial charge in [0.25, 0.3) is 0 Å². The van der Waals surface area contributed by atoms with E-state index in [-0.39, 0.29) is 0 Å². The molecule has 2 rings (SSSR count). The molecule has 0 aromatic heterocycles. The lowest BCUT2D eigenvalue weighted by atomic mass is 9.88. The van der Waals surface area contributed by atoms with Crippen LogP contribution in [0.2, 0.25) is 0 Å². The first-order valence-corrected chi connectivity index (χ1v) is 7.02. The minimum Gasteiger partial charge on any atom is -0.303 e. The van der Waals surface area contributed by atoms with Gasteiger partial charge in [-0.05, 0) is 43.2 Å². The van der Waals surface area contributed by atoms with Gasteiger partial charge in [-0.3, -0.25) is 0 Å². The number of nitrogens with zero attached hydrogens (tertiary/aromatic N) is 1. The third-order valence-electron chi connectivity index (χ3n) is 4.04. The van der Waals surface area contributed by atoms with Crippen molar-refractivity contribution in [1.82, 2.24) is 4.90 Å². The van der Waals surface area contributed by atoms with Crippen LogP contribution in [0.15, 0.2) is 30.3 Å². The van der Waals surface area contributed by atoms with Crippen molar-refractivity contribution in [2.24, 2.45) is 11.8 Å². The molecule has 0 spiro atoms. The minimum atomic E-state index is 0.842. The van der Waals surface area contributed by atoms with E-state index in [0.717, 1.165) is 11.8 Å². The Morgan fingerprint density at radius 3 is 2.71 bits per heavy atom. The Hall–Kier alpha value is -0.820. The number of rotatable bonds is 4. The molecule has 1 heteroatoms. The summed E-state index contributed by atoms with van der Waals surface area (Å²) in [5.41, 5.74) is 1.47. The first kappa shape index (κ1) is 12.6. The molecular formula is C16H25N. The summed E-state index contributed by atoms with van der Waals surface area (Å²) in [6, 6.07) is 10.9. The summed E-state index contributed by atoms with van der Waals surface area (Å²) in [5, 5.41) is 0. The van der Waals surface area contributed by atoms with E-state index in [1.54, 1.807) is 0 Å². The average molecular weight is 231 g/mol. The largest absolute Gasteiger partial charge is 0.303 e. The molecule has 0 bridgehead atoms. The third kappa shape index (κ3) is 3.85. The minimum absolute atomic E-state index is 0.842. The van der Waals surface area contributed by atoms with Crippen LogP contribution in [0.3, 0.4) is 0 Å². The molecule has 0 amide bonds.